The van der Waals surface area contributed by atoms with E-state index in [1.807, 2.05) is 6.08 Å². The molecule has 45 heavy (non-hydrogen) atoms. The molecule has 0 aliphatic heterocycles. The summed E-state index contributed by atoms with van der Waals surface area (Å²) in [6.45, 7) is 4.20. The van der Waals surface area contributed by atoms with Crippen molar-refractivity contribution in [1.29, 1.82) is 0 Å². The normalized spacial score (nSPS) is 13.8. The number of carbonyl (C=O) groups is 1. The van der Waals surface area contributed by atoms with Crippen molar-refractivity contribution in [2.75, 3.05) is 6.61 Å². The predicted octanol–water partition coefficient (Wildman–Crippen LogP) is 10.9. The molecule has 3 unspecified atom stereocenters. The molecule has 5 nitrogen and oxygen atoms in total. The molecular formula is C40H79NO4. The van der Waals surface area contributed by atoms with Crippen molar-refractivity contribution < 1.29 is 20.1 Å². The maximum Gasteiger partial charge on any atom is 0.222 e. The van der Waals surface area contributed by atoms with E-state index in [1.165, 1.54) is 161 Å². The summed E-state index contributed by atoms with van der Waals surface area (Å²) in [7, 11) is 0. The molecule has 1 amide bonds. The second-order valence-electron chi connectivity index (χ2n) is 13.9. The van der Waals surface area contributed by atoms with Crippen molar-refractivity contribution in [2.24, 2.45) is 0 Å². The summed E-state index contributed by atoms with van der Waals surface area (Å²) in [4.78, 5) is 12.3. The van der Waals surface area contributed by atoms with Gasteiger partial charge in [0.15, 0.2) is 0 Å². The Morgan fingerprint density at radius 3 is 1.29 bits per heavy atom. The van der Waals surface area contributed by atoms with Gasteiger partial charge in [0.05, 0.1) is 31.3 Å². The van der Waals surface area contributed by atoms with Crippen molar-refractivity contribution in [3.63, 3.8) is 0 Å². The summed E-state index contributed by atoms with van der Waals surface area (Å²) >= 11 is 0. The Morgan fingerprint density at radius 2 is 0.911 bits per heavy atom. The largest absolute Gasteiger partial charge is 0.394 e. The zero-order valence-electron chi connectivity index (χ0n) is 30.3. The predicted molar refractivity (Wildman–Crippen MR) is 195 cm³/mol. The van der Waals surface area contributed by atoms with Crippen LogP contribution in [0.1, 0.15) is 213 Å². The van der Waals surface area contributed by atoms with Crippen molar-refractivity contribution in [3.8, 4) is 0 Å². The maximum atomic E-state index is 12.3. The SMILES string of the molecule is CCCCCCCCCCCCCCCCCCCC/C=C/C(O)C(CO)NC(=O)CC(O)CCCCCCCCCCCC. The lowest BCUT2D eigenvalue weighted by atomic mass is 10.0. The molecule has 268 valence electrons. The van der Waals surface area contributed by atoms with E-state index >= 15 is 0 Å². The highest BCUT2D eigenvalue weighted by Gasteiger charge is 2.20. The molecule has 0 radical (unpaired) electrons. The fraction of sp³-hybridized carbons (Fsp3) is 0.925. The Labute approximate surface area is 280 Å². The van der Waals surface area contributed by atoms with Crippen LogP contribution in [-0.2, 0) is 4.79 Å². The number of nitrogens with one attached hydrogen (secondary N) is 1. The summed E-state index contributed by atoms with van der Waals surface area (Å²) in [5.41, 5.74) is 0. The smallest absolute Gasteiger partial charge is 0.222 e. The van der Waals surface area contributed by atoms with E-state index in [9.17, 15) is 20.1 Å². The second-order valence-corrected chi connectivity index (χ2v) is 13.9. The third-order valence-electron chi connectivity index (χ3n) is 9.32. The third-order valence-corrected chi connectivity index (χ3v) is 9.32. The van der Waals surface area contributed by atoms with Crippen molar-refractivity contribution in [2.45, 2.75) is 231 Å². The molecule has 3 atom stereocenters. The molecule has 0 aliphatic carbocycles. The number of aliphatic hydroxyl groups is 3. The Bertz CT molecular complexity index is 625. The molecule has 0 aromatic carbocycles. The van der Waals surface area contributed by atoms with Crippen LogP contribution in [0.25, 0.3) is 0 Å². The topological polar surface area (TPSA) is 89.8 Å². The van der Waals surface area contributed by atoms with E-state index in [2.05, 4.69) is 19.2 Å². The molecule has 0 aromatic rings. The molecule has 0 saturated carbocycles. The number of hydrogen-bond donors (Lipinski definition) is 4. The van der Waals surface area contributed by atoms with Gasteiger partial charge in [-0.05, 0) is 19.3 Å². The first-order valence-electron chi connectivity index (χ1n) is 20.0. The van der Waals surface area contributed by atoms with Gasteiger partial charge in [-0.1, -0.05) is 199 Å². The summed E-state index contributed by atoms with van der Waals surface area (Å²) in [5.74, 6) is -0.315. The van der Waals surface area contributed by atoms with Gasteiger partial charge in [0.25, 0.3) is 0 Å². The van der Waals surface area contributed by atoms with Crippen molar-refractivity contribution in [1.82, 2.24) is 5.32 Å². The first-order valence-corrected chi connectivity index (χ1v) is 20.0. The minimum Gasteiger partial charge on any atom is -0.394 e. The molecule has 0 rings (SSSR count). The summed E-state index contributed by atoms with van der Waals surface area (Å²) < 4.78 is 0. The highest BCUT2D eigenvalue weighted by molar-refractivity contribution is 5.76. The number of amides is 1. The number of hydrogen-bond acceptors (Lipinski definition) is 4. The fourth-order valence-electron chi connectivity index (χ4n) is 6.22. The first-order chi connectivity index (χ1) is 22.0. The van der Waals surface area contributed by atoms with Gasteiger partial charge in [-0.15, -0.1) is 0 Å². The van der Waals surface area contributed by atoms with Gasteiger partial charge in [0, 0.05) is 0 Å². The zero-order chi connectivity index (χ0) is 33.1. The summed E-state index contributed by atoms with van der Waals surface area (Å²) in [5, 5.41) is 33.1. The monoisotopic (exact) mass is 638 g/mol. The van der Waals surface area contributed by atoms with Gasteiger partial charge in [-0.2, -0.15) is 0 Å². The molecule has 4 N–H and O–H groups in total. The fourth-order valence-corrected chi connectivity index (χ4v) is 6.22. The number of allylic oxidation sites excluding steroid dienone is 1. The van der Waals surface area contributed by atoms with Crippen LogP contribution in [-0.4, -0.2) is 46.1 Å². The van der Waals surface area contributed by atoms with E-state index in [4.69, 9.17) is 0 Å². The third kappa shape index (κ3) is 32.8. The van der Waals surface area contributed by atoms with Gasteiger partial charge in [-0.25, -0.2) is 0 Å². The van der Waals surface area contributed by atoms with E-state index in [-0.39, 0.29) is 18.9 Å². The van der Waals surface area contributed by atoms with E-state index < -0.39 is 18.2 Å². The maximum absolute atomic E-state index is 12.3. The Balaban J connectivity index is 3.65. The standard InChI is InChI=1S/C40H79NO4/c1-3-5-7-9-11-13-15-16-17-18-19-20-21-22-23-24-26-28-30-32-34-39(44)38(36-42)41-40(45)35-37(43)33-31-29-27-25-14-12-10-8-6-4-2/h32,34,37-39,42-44H,3-31,33,35-36H2,1-2H3,(H,41,45)/b34-32+. The molecular weight excluding hydrogens is 558 g/mol. The first kappa shape index (κ1) is 44.1. The lowest BCUT2D eigenvalue weighted by molar-refractivity contribution is -0.124. The Morgan fingerprint density at radius 1 is 0.556 bits per heavy atom. The summed E-state index contributed by atoms with van der Waals surface area (Å²) in [6.07, 6.45) is 40.6. The number of rotatable bonds is 36. The van der Waals surface area contributed by atoms with Crippen LogP contribution in [0.15, 0.2) is 12.2 Å². The van der Waals surface area contributed by atoms with E-state index in [1.54, 1.807) is 6.08 Å². The zero-order valence-corrected chi connectivity index (χ0v) is 30.3. The molecule has 0 bridgehead atoms. The van der Waals surface area contributed by atoms with Gasteiger partial charge in [-0.3, -0.25) is 4.79 Å². The molecule has 0 saturated heterocycles. The van der Waals surface area contributed by atoms with Crippen LogP contribution < -0.4 is 5.32 Å². The number of carbonyl (C=O) groups excluding carboxylic acids is 1. The summed E-state index contributed by atoms with van der Waals surface area (Å²) in [6, 6.07) is -0.737. The van der Waals surface area contributed by atoms with Crippen molar-refractivity contribution >= 4 is 5.91 Å². The highest BCUT2D eigenvalue weighted by Crippen LogP contribution is 2.16. The lowest BCUT2D eigenvalue weighted by Crippen LogP contribution is -2.45. The van der Waals surface area contributed by atoms with Crippen LogP contribution in [0.5, 0.6) is 0 Å². The van der Waals surface area contributed by atoms with Crippen LogP contribution in [0.3, 0.4) is 0 Å². The van der Waals surface area contributed by atoms with Crippen LogP contribution >= 0.6 is 0 Å². The number of aliphatic hydroxyl groups excluding tert-OH is 3. The number of unbranched alkanes of at least 4 members (excludes halogenated alkanes) is 27. The van der Waals surface area contributed by atoms with Gasteiger partial charge in [0.2, 0.25) is 5.91 Å². The Kier molecular flexibility index (Phi) is 35.2. The Hall–Kier alpha value is -0.910. The van der Waals surface area contributed by atoms with Gasteiger partial charge >= 0.3 is 0 Å². The average Bonchev–Trinajstić information content (AvgIpc) is 3.03. The highest BCUT2D eigenvalue weighted by atomic mass is 16.3. The van der Waals surface area contributed by atoms with Crippen LogP contribution in [0.2, 0.25) is 0 Å². The molecule has 0 aliphatic rings. The molecule has 0 heterocycles. The minimum atomic E-state index is -0.923. The molecule has 0 spiro atoms. The van der Waals surface area contributed by atoms with E-state index in [0.717, 1.165) is 25.7 Å². The van der Waals surface area contributed by atoms with Crippen LogP contribution in [0, 0.1) is 0 Å². The average molecular weight is 638 g/mol. The molecule has 5 heteroatoms. The molecule has 0 fully saturated rings. The molecule has 0 aromatic heterocycles. The van der Waals surface area contributed by atoms with Gasteiger partial charge < -0.3 is 20.6 Å². The second kappa shape index (κ2) is 35.9. The quantitative estimate of drug-likeness (QED) is 0.0406. The van der Waals surface area contributed by atoms with Gasteiger partial charge in [0.1, 0.15) is 0 Å². The van der Waals surface area contributed by atoms with E-state index in [0.29, 0.717) is 6.42 Å². The van der Waals surface area contributed by atoms with Crippen LogP contribution in [0.4, 0.5) is 0 Å². The minimum absolute atomic E-state index is 0.0175. The van der Waals surface area contributed by atoms with Crippen molar-refractivity contribution in [3.05, 3.63) is 12.2 Å². The lowest BCUT2D eigenvalue weighted by Gasteiger charge is -2.21.